The molecule has 1 saturated heterocycles. The summed E-state index contributed by atoms with van der Waals surface area (Å²) in [5, 5.41) is 0. The molecule has 1 rings (SSSR count). The number of carbonyl (C=O) groups is 3. The first-order chi connectivity index (χ1) is 10.3. The first-order valence-electron chi connectivity index (χ1n) is 6.56. The summed E-state index contributed by atoms with van der Waals surface area (Å²) in [6, 6.07) is 0. The zero-order chi connectivity index (χ0) is 16.9. The van der Waals surface area contributed by atoms with Crippen LogP contribution in [0.4, 0.5) is 0 Å². The number of hydrogen-bond acceptors (Lipinski definition) is 8. The minimum absolute atomic E-state index is 0.458. The average Bonchev–Trinajstić information content (AvgIpc) is 2.41. The highest BCUT2D eigenvalue weighted by Gasteiger charge is 2.51. The maximum atomic E-state index is 11.4. The molecular formula is C13H19IO8. The summed E-state index contributed by atoms with van der Waals surface area (Å²) in [6.45, 7) is 3.66. The molecule has 1 fully saturated rings. The van der Waals surface area contributed by atoms with Gasteiger partial charge in [-0.1, -0.05) is 22.6 Å². The Bertz CT molecular complexity index is 396. The van der Waals surface area contributed by atoms with Gasteiger partial charge in [-0.2, -0.15) is 0 Å². The van der Waals surface area contributed by atoms with Gasteiger partial charge in [0.25, 0.3) is 0 Å². The highest BCUT2D eigenvalue weighted by Crippen LogP contribution is 2.30. The summed E-state index contributed by atoms with van der Waals surface area (Å²) in [5.74, 6) is -1.75. The van der Waals surface area contributed by atoms with Gasteiger partial charge in [-0.05, 0) is 0 Å². The summed E-state index contributed by atoms with van der Waals surface area (Å²) in [6.07, 6.45) is -4.43. The van der Waals surface area contributed by atoms with Crippen molar-refractivity contribution in [3.63, 3.8) is 0 Å². The number of alkyl halides is 1. The Hall–Kier alpha value is -0.940. The van der Waals surface area contributed by atoms with E-state index >= 15 is 0 Å². The third-order valence-electron chi connectivity index (χ3n) is 2.88. The van der Waals surface area contributed by atoms with Crippen LogP contribution in [0.25, 0.3) is 0 Å². The average molecular weight is 430 g/mol. The number of carbonyl (C=O) groups excluding carboxylic acids is 3. The number of ether oxygens (including phenoxy) is 5. The van der Waals surface area contributed by atoms with Crippen molar-refractivity contribution in [1.82, 2.24) is 0 Å². The van der Waals surface area contributed by atoms with Gasteiger partial charge in [0.1, 0.15) is 6.10 Å². The summed E-state index contributed by atoms with van der Waals surface area (Å²) in [4.78, 5) is 34.0. The molecule has 0 aromatic carbocycles. The summed E-state index contributed by atoms with van der Waals surface area (Å²) < 4.78 is 26.9. The molecule has 0 aromatic heterocycles. The van der Waals surface area contributed by atoms with E-state index < -0.39 is 48.6 Å². The van der Waals surface area contributed by atoms with Crippen molar-refractivity contribution in [2.24, 2.45) is 0 Å². The second-order valence-corrected chi connectivity index (χ2v) is 5.54. The lowest BCUT2D eigenvalue weighted by atomic mass is 9.99. The van der Waals surface area contributed by atoms with Gasteiger partial charge in [-0.25, -0.2) is 0 Å². The van der Waals surface area contributed by atoms with E-state index in [2.05, 4.69) is 22.6 Å². The maximum Gasteiger partial charge on any atom is 0.303 e. The van der Waals surface area contributed by atoms with Gasteiger partial charge in [-0.15, -0.1) is 0 Å². The molecule has 0 amide bonds. The Morgan fingerprint density at radius 2 is 1.36 bits per heavy atom. The fraction of sp³-hybridized carbons (Fsp3) is 0.769. The van der Waals surface area contributed by atoms with E-state index in [1.54, 1.807) is 0 Å². The minimum Gasteiger partial charge on any atom is -0.456 e. The molecule has 0 bridgehead atoms. The van der Waals surface area contributed by atoms with Crippen LogP contribution in [0.1, 0.15) is 20.8 Å². The summed E-state index contributed by atoms with van der Waals surface area (Å²) >= 11 is 2.05. The Morgan fingerprint density at radius 1 is 0.909 bits per heavy atom. The zero-order valence-electron chi connectivity index (χ0n) is 12.7. The van der Waals surface area contributed by atoms with Crippen LogP contribution >= 0.6 is 22.6 Å². The molecule has 0 radical (unpaired) electrons. The van der Waals surface area contributed by atoms with Gasteiger partial charge in [-0.3, -0.25) is 14.4 Å². The maximum absolute atomic E-state index is 11.4. The van der Waals surface area contributed by atoms with Crippen LogP contribution in [0.2, 0.25) is 0 Å². The summed E-state index contributed by atoms with van der Waals surface area (Å²) in [7, 11) is 1.38. The molecule has 1 heterocycles. The third-order valence-corrected chi connectivity index (χ3v) is 3.75. The van der Waals surface area contributed by atoms with E-state index in [4.69, 9.17) is 23.7 Å². The lowest BCUT2D eigenvalue weighted by Crippen LogP contribution is -2.62. The Balaban J connectivity index is 3.14. The van der Waals surface area contributed by atoms with Crippen molar-refractivity contribution in [2.75, 3.05) is 11.5 Å². The third kappa shape index (κ3) is 5.06. The molecule has 22 heavy (non-hydrogen) atoms. The lowest BCUT2D eigenvalue weighted by molar-refractivity contribution is -0.293. The van der Waals surface area contributed by atoms with Gasteiger partial charge >= 0.3 is 17.9 Å². The second kappa shape index (κ2) is 8.63. The Kier molecular flexibility index (Phi) is 7.49. The van der Waals surface area contributed by atoms with Crippen molar-refractivity contribution in [3.05, 3.63) is 0 Å². The molecule has 0 aliphatic carbocycles. The van der Waals surface area contributed by atoms with Crippen LogP contribution in [0.5, 0.6) is 0 Å². The van der Waals surface area contributed by atoms with Crippen LogP contribution in [-0.4, -0.2) is 60.2 Å². The standard InChI is InChI=1S/C13H19IO8/c1-6(15)19-10-9(5-14)22-13(18-4)12(21-8(3)17)11(10)20-7(2)16/h9-13H,5H2,1-4H3/t9-,10+,11+,12+,13+/m0/s1. The number of rotatable bonds is 5. The largest absolute Gasteiger partial charge is 0.456 e. The molecule has 5 atom stereocenters. The first-order valence-corrected chi connectivity index (χ1v) is 8.08. The normalized spacial score (nSPS) is 31.2. The predicted octanol–water partition coefficient (Wildman–Crippen LogP) is 0.588. The van der Waals surface area contributed by atoms with Gasteiger partial charge in [0.05, 0.1) is 0 Å². The van der Waals surface area contributed by atoms with Crippen LogP contribution in [0.15, 0.2) is 0 Å². The molecule has 0 spiro atoms. The van der Waals surface area contributed by atoms with E-state index in [9.17, 15) is 14.4 Å². The molecule has 0 saturated carbocycles. The van der Waals surface area contributed by atoms with E-state index in [1.807, 2.05) is 0 Å². The van der Waals surface area contributed by atoms with E-state index in [0.717, 1.165) is 0 Å². The van der Waals surface area contributed by atoms with Gasteiger partial charge in [0.15, 0.2) is 24.6 Å². The Labute approximate surface area is 141 Å². The van der Waals surface area contributed by atoms with Crippen molar-refractivity contribution in [1.29, 1.82) is 0 Å². The second-order valence-electron chi connectivity index (χ2n) is 4.66. The van der Waals surface area contributed by atoms with E-state index in [1.165, 1.54) is 27.9 Å². The van der Waals surface area contributed by atoms with Gasteiger partial charge < -0.3 is 23.7 Å². The van der Waals surface area contributed by atoms with Crippen molar-refractivity contribution in [2.45, 2.75) is 51.5 Å². The molecule has 8 nitrogen and oxygen atoms in total. The quantitative estimate of drug-likeness (QED) is 0.271. The fourth-order valence-electron chi connectivity index (χ4n) is 2.17. The first kappa shape index (κ1) is 19.1. The lowest BCUT2D eigenvalue weighted by Gasteiger charge is -2.43. The monoisotopic (exact) mass is 430 g/mol. The van der Waals surface area contributed by atoms with Crippen molar-refractivity contribution in [3.8, 4) is 0 Å². The van der Waals surface area contributed by atoms with Crippen molar-refractivity contribution >= 4 is 40.5 Å². The topological polar surface area (TPSA) is 97.4 Å². The molecule has 126 valence electrons. The summed E-state index contributed by atoms with van der Waals surface area (Å²) in [5.41, 5.74) is 0. The predicted molar refractivity (Wildman–Crippen MR) is 81.2 cm³/mol. The van der Waals surface area contributed by atoms with Gasteiger partial charge in [0.2, 0.25) is 0 Å². The fourth-order valence-corrected chi connectivity index (χ4v) is 2.88. The highest BCUT2D eigenvalue weighted by atomic mass is 127. The molecule has 1 aliphatic rings. The molecular weight excluding hydrogens is 411 g/mol. The minimum atomic E-state index is -1.03. The molecule has 0 aromatic rings. The van der Waals surface area contributed by atoms with E-state index in [0.29, 0.717) is 4.43 Å². The van der Waals surface area contributed by atoms with Gasteiger partial charge in [0, 0.05) is 32.3 Å². The number of esters is 3. The molecule has 0 N–H and O–H groups in total. The van der Waals surface area contributed by atoms with Crippen molar-refractivity contribution < 1.29 is 38.1 Å². The molecule has 9 heteroatoms. The van der Waals surface area contributed by atoms with Crippen LogP contribution in [-0.2, 0) is 38.1 Å². The van der Waals surface area contributed by atoms with E-state index in [-0.39, 0.29) is 0 Å². The number of hydrogen-bond donors (Lipinski definition) is 0. The number of halogens is 1. The SMILES string of the molecule is CO[C@@H]1O[C@@H](CI)[C@@H](OC(C)=O)[C@@H](OC(C)=O)[C@H]1OC(C)=O. The van der Waals surface area contributed by atoms with Crippen LogP contribution < -0.4 is 0 Å². The number of methoxy groups -OCH3 is 1. The molecule has 1 aliphatic heterocycles. The zero-order valence-corrected chi connectivity index (χ0v) is 14.9. The van der Waals surface area contributed by atoms with Crippen LogP contribution in [0, 0.1) is 0 Å². The van der Waals surface area contributed by atoms with Crippen LogP contribution in [0.3, 0.4) is 0 Å². The smallest absolute Gasteiger partial charge is 0.303 e. The Morgan fingerprint density at radius 3 is 1.77 bits per heavy atom. The molecule has 0 unspecified atom stereocenters. The highest BCUT2D eigenvalue weighted by molar-refractivity contribution is 14.1.